The molecule has 5 heteroatoms. The summed E-state index contributed by atoms with van der Waals surface area (Å²) in [6.45, 7) is 5.95. The maximum Gasteiger partial charge on any atom is 0.302 e. The number of benzene rings is 1. The summed E-state index contributed by atoms with van der Waals surface area (Å²) in [6.07, 6.45) is 3.79. The zero-order valence-corrected chi connectivity index (χ0v) is 15.7. The van der Waals surface area contributed by atoms with Gasteiger partial charge in [-0.2, -0.15) is 0 Å². The molecule has 0 aromatic heterocycles. The van der Waals surface area contributed by atoms with Crippen LogP contribution in [0.3, 0.4) is 0 Å². The molecule has 1 saturated carbocycles. The largest absolute Gasteiger partial charge is 0.461 e. The van der Waals surface area contributed by atoms with Gasteiger partial charge in [0.15, 0.2) is 5.79 Å². The first-order valence-corrected chi connectivity index (χ1v) is 9.81. The number of piperidine rings is 1. The van der Waals surface area contributed by atoms with Gasteiger partial charge >= 0.3 is 5.97 Å². The van der Waals surface area contributed by atoms with E-state index in [4.69, 9.17) is 14.2 Å². The summed E-state index contributed by atoms with van der Waals surface area (Å²) in [6, 6.07) is 11.1. The highest BCUT2D eigenvalue weighted by Crippen LogP contribution is 2.46. The third-order valence-electron chi connectivity index (χ3n) is 6.32. The lowest BCUT2D eigenvalue weighted by molar-refractivity contribution is -0.214. The molecule has 142 valence electrons. The first-order valence-electron chi connectivity index (χ1n) is 9.81. The standard InChI is InChI=1S/C21H29NO4/c1-15-20(26-16(2)23)12-18-8-9-21(24-10-11-25-21)13-19(18)22(15)14-17-6-4-3-5-7-17/h3-7,15,18-20H,8-14H2,1-2H3/t15-,18-,19-,20-/m1/s1. The van der Waals surface area contributed by atoms with Crippen LogP contribution in [0.15, 0.2) is 30.3 Å². The van der Waals surface area contributed by atoms with Crippen molar-refractivity contribution in [3.63, 3.8) is 0 Å². The Bertz CT molecular complexity index is 628. The molecule has 0 amide bonds. The zero-order valence-electron chi connectivity index (χ0n) is 15.7. The summed E-state index contributed by atoms with van der Waals surface area (Å²) in [7, 11) is 0. The van der Waals surface area contributed by atoms with Gasteiger partial charge in [-0.05, 0) is 31.2 Å². The van der Waals surface area contributed by atoms with Crippen molar-refractivity contribution in [2.75, 3.05) is 13.2 Å². The lowest BCUT2D eigenvalue weighted by atomic mass is 9.73. The molecule has 2 heterocycles. The summed E-state index contributed by atoms with van der Waals surface area (Å²) in [5, 5.41) is 0. The average Bonchev–Trinajstić information content (AvgIpc) is 3.08. The second kappa shape index (κ2) is 7.29. The minimum Gasteiger partial charge on any atom is -0.461 e. The Morgan fingerprint density at radius 3 is 2.69 bits per heavy atom. The van der Waals surface area contributed by atoms with Gasteiger partial charge in [0.2, 0.25) is 0 Å². The number of nitrogens with zero attached hydrogens (tertiary/aromatic N) is 1. The van der Waals surface area contributed by atoms with E-state index in [2.05, 4.69) is 36.1 Å². The quantitative estimate of drug-likeness (QED) is 0.776. The van der Waals surface area contributed by atoms with Crippen molar-refractivity contribution in [1.82, 2.24) is 4.90 Å². The van der Waals surface area contributed by atoms with Gasteiger partial charge in [-0.1, -0.05) is 30.3 Å². The third kappa shape index (κ3) is 3.53. The molecule has 4 rings (SSSR count). The Hall–Kier alpha value is -1.43. The van der Waals surface area contributed by atoms with Crippen LogP contribution in [0.4, 0.5) is 0 Å². The van der Waals surface area contributed by atoms with Crippen LogP contribution in [0.1, 0.15) is 45.1 Å². The summed E-state index contributed by atoms with van der Waals surface area (Å²) in [5.74, 6) is -0.0724. The van der Waals surface area contributed by atoms with Crippen LogP contribution in [-0.4, -0.2) is 48.1 Å². The van der Waals surface area contributed by atoms with E-state index in [0.29, 0.717) is 25.2 Å². The summed E-state index contributed by atoms with van der Waals surface area (Å²) in [5.41, 5.74) is 1.29. The predicted octanol–water partition coefficient (Wildman–Crippen LogP) is 3.12. The number of hydrogen-bond donors (Lipinski definition) is 0. The minimum atomic E-state index is -0.399. The highest BCUT2D eigenvalue weighted by molar-refractivity contribution is 5.66. The van der Waals surface area contributed by atoms with E-state index < -0.39 is 5.79 Å². The fourth-order valence-electron chi connectivity index (χ4n) is 5.03. The van der Waals surface area contributed by atoms with Crippen LogP contribution in [0.2, 0.25) is 0 Å². The highest BCUT2D eigenvalue weighted by Gasteiger charge is 2.51. The fourth-order valence-corrected chi connectivity index (χ4v) is 5.03. The van der Waals surface area contributed by atoms with E-state index in [1.165, 1.54) is 12.5 Å². The van der Waals surface area contributed by atoms with E-state index >= 15 is 0 Å². The van der Waals surface area contributed by atoms with Gasteiger partial charge in [-0.15, -0.1) is 0 Å². The first-order chi connectivity index (χ1) is 12.6. The molecule has 1 aliphatic carbocycles. The topological polar surface area (TPSA) is 48.0 Å². The number of esters is 1. The Morgan fingerprint density at radius 1 is 1.27 bits per heavy atom. The molecule has 0 N–H and O–H groups in total. The van der Waals surface area contributed by atoms with E-state index in [9.17, 15) is 4.79 Å². The smallest absolute Gasteiger partial charge is 0.302 e. The molecule has 3 fully saturated rings. The van der Waals surface area contributed by atoms with Gasteiger partial charge in [0.25, 0.3) is 0 Å². The molecule has 0 bridgehead atoms. The van der Waals surface area contributed by atoms with Crippen molar-refractivity contribution < 1.29 is 19.0 Å². The molecule has 26 heavy (non-hydrogen) atoms. The van der Waals surface area contributed by atoms with Crippen LogP contribution in [0.5, 0.6) is 0 Å². The van der Waals surface area contributed by atoms with Gasteiger partial charge in [-0.25, -0.2) is 0 Å². The van der Waals surface area contributed by atoms with E-state index in [1.807, 2.05) is 6.07 Å². The predicted molar refractivity (Wildman–Crippen MR) is 97.4 cm³/mol. The first kappa shape index (κ1) is 18.0. The Morgan fingerprint density at radius 2 is 2.00 bits per heavy atom. The van der Waals surface area contributed by atoms with Crippen molar-refractivity contribution >= 4 is 5.97 Å². The Labute approximate surface area is 155 Å². The van der Waals surface area contributed by atoms with Crippen molar-refractivity contribution in [2.24, 2.45) is 5.92 Å². The fraction of sp³-hybridized carbons (Fsp3) is 0.667. The lowest BCUT2D eigenvalue weighted by Gasteiger charge is -2.53. The second-order valence-electron chi connectivity index (χ2n) is 7.96. The van der Waals surface area contributed by atoms with Gasteiger partial charge in [0.1, 0.15) is 6.10 Å². The summed E-state index contributed by atoms with van der Waals surface area (Å²) < 4.78 is 17.7. The summed E-state index contributed by atoms with van der Waals surface area (Å²) >= 11 is 0. The van der Waals surface area contributed by atoms with Gasteiger partial charge in [-0.3, -0.25) is 9.69 Å². The lowest BCUT2D eigenvalue weighted by Crippen LogP contribution is -2.60. The van der Waals surface area contributed by atoms with E-state index in [1.54, 1.807) is 0 Å². The molecule has 2 aliphatic heterocycles. The number of rotatable bonds is 3. The van der Waals surface area contributed by atoms with Crippen molar-refractivity contribution in [3.05, 3.63) is 35.9 Å². The minimum absolute atomic E-state index is 0.0445. The van der Waals surface area contributed by atoms with Gasteiger partial charge < -0.3 is 14.2 Å². The number of hydrogen-bond acceptors (Lipinski definition) is 5. The summed E-state index contributed by atoms with van der Waals surface area (Å²) in [4.78, 5) is 14.1. The van der Waals surface area contributed by atoms with Crippen LogP contribution in [-0.2, 0) is 25.5 Å². The Balaban J connectivity index is 1.59. The molecule has 5 nitrogen and oxygen atoms in total. The molecule has 3 aliphatic rings. The van der Waals surface area contributed by atoms with E-state index in [-0.39, 0.29) is 18.1 Å². The molecule has 1 aromatic carbocycles. The normalized spacial score (nSPS) is 33.8. The molecule has 1 spiro atoms. The number of likely N-dealkylation sites (tertiary alicyclic amines) is 1. The third-order valence-corrected chi connectivity index (χ3v) is 6.32. The number of carbonyl (C=O) groups excluding carboxylic acids is 1. The maximum atomic E-state index is 11.6. The van der Waals surface area contributed by atoms with Crippen LogP contribution >= 0.6 is 0 Å². The van der Waals surface area contributed by atoms with Crippen LogP contribution < -0.4 is 0 Å². The van der Waals surface area contributed by atoms with Gasteiger partial charge in [0, 0.05) is 38.4 Å². The SMILES string of the molecule is CC(=O)O[C@@H]1C[C@H]2CCC3(C[C@H]2N(Cc2ccccc2)[C@@H]1C)OCCO3. The molecule has 0 radical (unpaired) electrons. The highest BCUT2D eigenvalue weighted by atomic mass is 16.7. The molecular formula is C21H29NO4. The second-order valence-corrected chi connectivity index (χ2v) is 7.96. The molecule has 0 unspecified atom stereocenters. The molecule has 2 saturated heterocycles. The van der Waals surface area contributed by atoms with Crippen molar-refractivity contribution in [1.29, 1.82) is 0 Å². The molecule has 4 atom stereocenters. The van der Waals surface area contributed by atoms with Crippen molar-refractivity contribution in [2.45, 2.75) is 70.1 Å². The zero-order chi connectivity index (χ0) is 18.1. The number of carbonyl (C=O) groups is 1. The molecule has 1 aromatic rings. The van der Waals surface area contributed by atoms with Crippen LogP contribution in [0, 0.1) is 5.92 Å². The van der Waals surface area contributed by atoms with Gasteiger partial charge in [0.05, 0.1) is 13.2 Å². The number of ether oxygens (including phenoxy) is 3. The average molecular weight is 359 g/mol. The maximum absolute atomic E-state index is 11.6. The van der Waals surface area contributed by atoms with Crippen molar-refractivity contribution in [3.8, 4) is 0 Å². The van der Waals surface area contributed by atoms with Crippen LogP contribution in [0.25, 0.3) is 0 Å². The molecular weight excluding hydrogens is 330 g/mol. The Kier molecular flexibility index (Phi) is 5.04. The monoisotopic (exact) mass is 359 g/mol. The van der Waals surface area contributed by atoms with E-state index in [0.717, 1.165) is 32.2 Å². The number of fused-ring (bicyclic) bond motifs is 1.